The first kappa shape index (κ1) is 27.1. The minimum absolute atomic E-state index is 0.0320. The van der Waals surface area contributed by atoms with Crippen LogP contribution in [0.25, 0.3) is 22.2 Å². The topological polar surface area (TPSA) is 116 Å². The summed E-state index contributed by atoms with van der Waals surface area (Å²) in [5.41, 5.74) is 3.31. The van der Waals surface area contributed by atoms with Gasteiger partial charge in [0.15, 0.2) is 0 Å². The molecule has 0 spiro atoms. The van der Waals surface area contributed by atoms with E-state index in [1.807, 2.05) is 25.4 Å². The zero-order chi connectivity index (χ0) is 28.7. The van der Waals surface area contributed by atoms with Crippen LogP contribution in [-0.4, -0.2) is 92.2 Å². The predicted octanol–water partition coefficient (Wildman–Crippen LogP) is 3.85. The first-order chi connectivity index (χ1) is 19.7. The molecule has 11 nitrogen and oxygen atoms in total. The molecule has 1 amide bonds. The van der Waals surface area contributed by atoms with Crippen LogP contribution in [0.4, 0.5) is 26.1 Å². The van der Waals surface area contributed by atoms with Gasteiger partial charge in [-0.2, -0.15) is 0 Å². The zero-order valence-corrected chi connectivity index (χ0v) is 23.2. The van der Waals surface area contributed by atoms with Crippen LogP contribution in [0.1, 0.15) is 19.3 Å². The van der Waals surface area contributed by atoms with Crippen LogP contribution in [0.5, 0.6) is 5.88 Å². The molecule has 216 valence electrons. The summed E-state index contributed by atoms with van der Waals surface area (Å²) in [7, 11) is 5.36. The van der Waals surface area contributed by atoms with E-state index < -0.39 is 24.3 Å². The third kappa shape index (κ3) is 5.46. The number of nitrogens with zero attached hydrogens (tertiary/aromatic N) is 6. The van der Waals surface area contributed by atoms with E-state index in [0.717, 1.165) is 36.9 Å². The largest absolute Gasteiger partial charge is 0.478 e. The fraction of sp³-hybridized carbons (Fsp3) is 0.429. The predicted molar refractivity (Wildman–Crippen MR) is 152 cm³/mol. The quantitative estimate of drug-likeness (QED) is 0.310. The second-order valence-electron chi connectivity index (χ2n) is 10.8. The summed E-state index contributed by atoms with van der Waals surface area (Å²) in [6, 6.07) is 6.40. The average molecular weight is 566 g/mol. The number of piperidine rings is 1. The minimum Gasteiger partial charge on any atom is -0.478 e. The third-order valence-electron chi connectivity index (χ3n) is 7.91. The molecule has 1 atom stereocenters. The normalized spacial score (nSPS) is 20.0. The number of rotatable bonds is 7. The van der Waals surface area contributed by atoms with E-state index in [-0.39, 0.29) is 12.6 Å². The number of hydrogen-bond donors (Lipinski definition) is 3. The number of likely N-dealkylation sites (tertiary alicyclic amines) is 2. The third-order valence-corrected chi connectivity index (χ3v) is 7.91. The fourth-order valence-corrected chi connectivity index (χ4v) is 5.88. The number of H-pyrrole nitrogens is 1. The molecular formula is C28H33F2N9O2. The number of carbonyl (C=O) groups excluding carboxylic acids is 1. The first-order valence-corrected chi connectivity index (χ1v) is 13.6. The van der Waals surface area contributed by atoms with Crippen molar-refractivity contribution < 1.29 is 18.3 Å². The molecule has 0 saturated carbocycles. The number of aryl methyl sites for hydroxylation is 1. The van der Waals surface area contributed by atoms with Gasteiger partial charge in [0.1, 0.15) is 5.69 Å². The molecule has 0 unspecified atom stereocenters. The second kappa shape index (κ2) is 10.7. The fourth-order valence-electron chi connectivity index (χ4n) is 5.88. The monoisotopic (exact) mass is 565 g/mol. The van der Waals surface area contributed by atoms with Crippen LogP contribution >= 0.6 is 0 Å². The van der Waals surface area contributed by atoms with Gasteiger partial charge in [-0.15, -0.1) is 5.10 Å². The summed E-state index contributed by atoms with van der Waals surface area (Å²) in [6.07, 6.45) is 6.30. The lowest BCUT2D eigenvalue weighted by Crippen LogP contribution is -2.49. The molecule has 4 aromatic rings. The number of nitrogens with one attached hydrogen (secondary N) is 3. The van der Waals surface area contributed by atoms with E-state index in [1.165, 1.54) is 7.11 Å². The van der Waals surface area contributed by atoms with Crippen molar-refractivity contribution >= 4 is 34.1 Å². The highest BCUT2D eigenvalue weighted by Gasteiger charge is 2.50. The lowest BCUT2D eigenvalue weighted by Gasteiger charge is -2.37. The number of methoxy groups -OCH3 is 1. The Hall–Kier alpha value is -4.10. The van der Waals surface area contributed by atoms with Crippen molar-refractivity contribution in [2.45, 2.75) is 37.3 Å². The molecule has 41 heavy (non-hydrogen) atoms. The van der Waals surface area contributed by atoms with E-state index in [2.05, 4.69) is 35.6 Å². The van der Waals surface area contributed by atoms with Gasteiger partial charge in [-0.25, -0.2) is 18.7 Å². The molecule has 0 aliphatic carbocycles. The molecular weight excluding hydrogens is 532 g/mol. The number of anilines is 3. The number of aromatic nitrogens is 5. The highest BCUT2D eigenvalue weighted by Crippen LogP contribution is 2.37. The SMILES string of the molecule is COc1nn(C)cc1Nc1nccc(-c2c[nH]c3c(NC(=O)[C@H]4CC(F)(F)CN4C4CCN(C)CC4)cccc23)n1. The highest BCUT2D eigenvalue weighted by molar-refractivity contribution is 6.06. The smallest absolute Gasteiger partial charge is 0.262 e. The number of hydrogen-bond acceptors (Lipinski definition) is 8. The summed E-state index contributed by atoms with van der Waals surface area (Å²) in [6.45, 7) is 1.29. The molecule has 2 saturated heterocycles. The number of aromatic amines is 1. The minimum atomic E-state index is -2.89. The van der Waals surface area contributed by atoms with Crippen LogP contribution in [0.2, 0.25) is 0 Å². The van der Waals surface area contributed by atoms with Gasteiger partial charge in [0.2, 0.25) is 11.9 Å². The molecule has 2 aliphatic rings. The van der Waals surface area contributed by atoms with Gasteiger partial charge in [0.25, 0.3) is 11.8 Å². The Bertz CT molecular complexity index is 1560. The molecule has 3 N–H and O–H groups in total. The maximum absolute atomic E-state index is 14.6. The van der Waals surface area contributed by atoms with E-state index in [9.17, 15) is 13.6 Å². The number of alkyl halides is 2. The van der Waals surface area contributed by atoms with Crippen molar-refractivity contribution in [3.05, 3.63) is 42.9 Å². The van der Waals surface area contributed by atoms with E-state index in [4.69, 9.17) is 4.74 Å². The van der Waals surface area contributed by atoms with Gasteiger partial charge in [0, 0.05) is 42.9 Å². The second-order valence-corrected chi connectivity index (χ2v) is 10.8. The van der Waals surface area contributed by atoms with Crippen molar-refractivity contribution in [2.24, 2.45) is 7.05 Å². The molecule has 1 aromatic carbocycles. The molecule has 2 aliphatic heterocycles. The number of ether oxygens (including phenoxy) is 1. The molecule has 6 rings (SSSR count). The number of para-hydroxylation sites is 1. The standard InChI is InChI=1S/C28H33F2N9O2/c1-37-11-8-17(9-12-37)39-16-28(29,30)13-23(39)25(40)33-21-6-4-5-18-19(14-32-24(18)21)20-7-10-31-27(34-20)35-22-15-38(2)36-26(22)41-3/h4-7,10,14-15,17,23,32H,8-9,11-13,16H2,1-3H3,(H,33,40)(H,31,34,35)/t23-/m1/s1. The number of carbonyl (C=O) groups is 1. The average Bonchev–Trinajstić information content (AvgIpc) is 3.64. The van der Waals surface area contributed by atoms with Crippen molar-refractivity contribution in [1.82, 2.24) is 34.5 Å². The van der Waals surface area contributed by atoms with Crippen LogP contribution in [-0.2, 0) is 11.8 Å². The van der Waals surface area contributed by atoms with Crippen molar-refractivity contribution in [3.8, 4) is 17.1 Å². The Morgan fingerprint density at radius 3 is 2.76 bits per heavy atom. The molecule has 13 heteroatoms. The Balaban J connectivity index is 1.24. The van der Waals surface area contributed by atoms with Gasteiger partial charge >= 0.3 is 0 Å². The van der Waals surface area contributed by atoms with E-state index in [0.29, 0.717) is 34.4 Å². The Morgan fingerprint density at radius 2 is 1.98 bits per heavy atom. The number of fused-ring (bicyclic) bond motifs is 1. The summed E-state index contributed by atoms with van der Waals surface area (Å²) in [5.74, 6) is -2.52. The van der Waals surface area contributed by atoms with Crippen molar-refractivity contribution in [1.29, 1.82) is 0 Å². The first-order valence-electron chi connectivity index (χ1n) is 13.6. The van der Waals surface area contributed by atoms with Gasteiger partial charge in [-0.05, 0) is 45.1 Å². The summed E-state index contributed by atoms with van der Waals surface area (Å²) >= 11 is 0. The molecule has 0 bridgehead atoms. The van der Waals surface area contributed by atoms with Crippen LogP contribution in [0, 0.1) is 0 Å². The maximum Gasteiger partial charge on any atom is 0.262 e. The van der Waals surface area contributed by atoms with Gasteiger partial charge in [0.05, 0.1) is 42.8 Å². The number of halogens is 2. The number of benzene rings is 1. The molecule has 5 heterocycles. The van der Waals surface area contributed by atoms with Gasteiger partial charge < -0.3 is 25.3 Å². The highest BCUT2D eigenvalue weighted by atomic mass is 19.3. The summed E-state index contributed by atoms with van der Waals surface area (Å²) in [4.78, 5) is 29.6. The van der Waals surface area contributed by atoms with E-state index >= 15 is 0 Å². The summed E-state index contributed by atoms with van der Waals surface area (Å²) in [5, 5.41) is 11.1. The van der Waals surface area contributed by atoms with Gasteiger partial charge in [-0.3, -0.25) is 14.4 Å². The Morgan fingerprint density at radius 1 is 1.17 bits per heavy atom. The van der Waals surface area contributed by atoms with Crippen LogP contribution < -0.4 is 15.4 Å². The molecule has 0 radical (unpaired) electrons. The Labute approximate surface area is 235 Å². The lowest BCUT2D eigenvalue weighted by molar-refractivity contribution is -0.121. The van der Waals surface area contributed by atoms with Gasteiger partial charge in [-0.1, -0.05) is 12.1 Å². The number of amides is 1. The molecule has 2 fully saturated rings. The van der Waals surface area contributed by atoms with Crippen molar-refractivity contribution in [2.75, 3.05) is 44.4 Å². The van der Waals surface area contributed by atoms with E-state index in [1.54, 1.807) is 41.2 Å². The maximum atomic E-state index is 14.6. The van der Waals surface area contributed by atoms with Crippen LogP contribution in [0.15, 0.2) is 42.9 Å². The van der Waals surface area contributed by atoms with Crippen LogP contribution in [0.3, 0.4) is 0 Å². The zero-order valence-electron chi connectivity index (χ0n) is 23.2. The summed E-state index contributed by atoms with van der Waals surface area (Å²) < 4.78 is 36.1. The molecule has 3 aromatic heterocycles. The lowest BCUT2D eigenvalue weighted by atomic mass is 10.0. The Kier molecular flexibility index (Phi) is 7.08. The van der Waals surface area contributed by atoms with Crippen molar-refractivity contribution in [3.63, 3.8) is 0 Å².